The molecule has 0 aliphatic heterocycles. The lowest BCUT2D eigenvalue weighted by Crippen LogP contribution is -2.26. The molecule has 0 aliphatic carbocycles. The van der Waals surface area contributed by atoms with E-state index >= 15 is 0 Å². The van der Waals surface area contributed by atoms with E-state index in [0.717, 1.165) is 13.0 Å². The minimum absolute atomic E-state index is 0.0370. The lowest BCUT2D eigenvalue weighted by molar-refractivity contribution is 0.265. The molecule has 0 saturated carbocycles. The van der Waals surface area contributed by atoms with Crippen molar-refractivity contribution in [3.05, 3.63) is 36.0 Å². The molecule has 19 heavy (non-hydrogen) atoms. The van der Waals surface area contributed by atoms with Crippen LogP contribution in [0.3, 0.4) is 0 Å². The predicted molar refractivity (Wildman–Crippen MR) is 80.2 cm³/mol. The molecular formula is C16H24N2O. The van der Waals surface area contributed by atoms with Crippen molar-refractivity contribution in [2.45, 2.75) is 45.2 Å². The Balaban J connectivity index is 2.26. The quantitative estimate of drug-likeness (QED) is 0.752. The zero-order valence-electron chi connectivity index (χ0n) is 11.7. The minimum atomic E-state index is -0.171. The van der Waals surface area contributed by atoms with Crippen molar-refractivity contribution in [2.75, 3.05) is 6.61 Å². The average molecular weight is 260 g/mol. The van der Waals surface area contributed by atoms with E-state index in [1.165, 1.54) is 35.7 Å². The van der Waals surface area contributed by atoms with E-state index in [1.54, 1.807) is 0 Å². The van der Waals surface area contributed by atoms with Crippen LogP contribution in [0, 0.1) is 0 Å². The molecule has 1 aromatic carbocycles. The summed E-state index contributed by atoms with van der Waals surface area (Å²) in [6.45, 7) is 3.32. The zero-order valence-corrected chi connectivity index (χ0v) is 11.7. The van der Waals surface area contributed by atoms with Gasteiger partial charge in [0, 0.05) is 29.7 Å². The van der Waals surface area contributed by atoms with Crippen LogP contribution in [0.15, 0.2) is 30.5 Å². The molecule has 2 aromatic rings. The van der Waals surface area contributed by atoms with Gasteiger partial charge in [-0.05, 0) is 24.5 Å². The minimum Gasteiger partial charge on any atom is -0.395 e. The number of para-hydroxylation sites is 1. The van der Waals surface area contributed by atoms with E-state index in [2.05, 4.69) is 42.0 Å². The van der Waals surface area contributed by atoms with Crippen LogP contribution in [0.2, 0.25) is 0 Å². The van der Waals surface area contributed by atoms with Gasteiger partial charge in [0.25, 0.3) is 0 Å². The molecular weight excluding hydrogens is 236 g/mol. The Kier molecular flexibility index (Phi) is 5.00. The predicted octanol–water partition coefficient (Wildman–Crippen LogP) is 2.69. The van der Waals surface area contributed by atoms with E-state index < -0.39 is 0 Å². The molecule has 0 saturated heterocycles. The maximum absolute atomic E-state index is 9.12. The van der Waals surface area contributed by atoms with Gasteiger partial charge in [0.05, 0.1) is 6.61 Å². The van der Waals surface area contributed by atoms with Crippen LogP contribution in [0.25, 0.3) is 10.9 Å². The Labute approximate surface area is 115 Å². The fourth-order valence-corrected chi connectivity index (χ4v) is 2.55. The maximum Gasteiger partial charge on any atom is 0.0585 e. The number of nitrogens with zero attached hydrogens (tertiary/aromatic N) is 1. The first-order valence-corrected chi connectivity index (χ1v) is 7.19. The number of rotatable bonds is 7. The van der Waals surface area contributed by atoms with E-state index in [4.69, 9.17) is 10.8 Å². The van der Waals surface area contributed by atoms with Gasteiger partial charge in [0.15, 0.2) is 0 Å². The van der Waals surface area contributed by atoms with Gasteiger partial charge in [-0.2, -0.15) is 0 Å². The number of aliphatic hydroxyl groups is 1. The van der Waals surface area contributed by atoms with Crippen LogP contribution < -0.4 is 5.73 Å². The molecule has 3 heteroatoms. The van der Waals surface area contributed by atoms with Crippen molar-refractivity contribution < 1.29 is 5.11 Å². The molecule has 0 amide bonds. The summed E-state index contributed by atoms with van der Waals surface area (Å²) < 4.78 is 2.32. The highest BCUT2D eigenvalue weighted by molar-refractivity contribution is 5.84. The second-order valence-electron chi connectivity index (χ2n) is 5.22. The highest BCUT2D eigenvalue weighted by atomic mass is 16.3. The molecule has 104 valence electrons. The SMILES string of the molecule is CCCCCn1cc(C[C@H](N)CO)c2ccccc21. The monoisotopic (exact) mass is 260 g/mol. The average Bonchev–Trinajstić information content (AvgIpc) is 2.78. The van der Waals surface area contributed by atoms with Crippen LogP contribution in [0.4, 0.5) is 0 Å². The first kappa shape index (κ1) is 14.1. The van der Waals surface area contributed by atoms with E-state index in [1.807, 2.05) is 0 Å². The summed E-state index contributed by atoms with van der Waals surface area (Å²) in [5, 5.41) is 10.4. The molecule has 0 unspecified atom stereocenters. The Bertz CT molecular complexity index is 518. The van der Waals surface area contributed by atoms with Gasteiger partial charge < -0.3 is 15.4 Å². The lowest BCUT2D eigenvalue weighted by atomic mass is 10.1. The molecule has 1 atom stereocenters. The summed E-state index contributed by atoms with van der Waals surface area (Å²) in [5.74, 6) is 0. The van der Waals surface area contributed by atoms with Gasteiger partial charge in [0.1, 0.15) is 0 Å². The van der Waals surface area contributed by atoms with Crippen LogP contribution in [-0.4, -0.2) is 22.3 Å². The van der Waals surface area contributed by atoms with Crippen molar-refractivity contribution in [1.82, 2.24) is 4.57 Å². The van der Waals surface area contributed by atoms with E-state index in [-0.39, 0.29) is 12.6 Å². The van der Waals surface area contributed by atoms with Crippen molar-refractivity contribution in [3.8, 4) is 0 Å². The number of aryl methyl sites for hydroxylation is 1. The zero-order chi connectivity index (χ0) is 13.7. The topological polar surface area (TPSA) is 51.2 Å². The van der Waals surface area contributed by atoms with Crippen LogP contribution in [0.5, 0.6) is 0 Å². The number of aromatic nitrogens is 1. The van der Waals surface area contributed by atoms with Gasteiger partial charge in [-0.15, -0.1) is 0 Å². The summed E-state index contributed by atoms with van der Waals surface area (Å²) in [5.41, 5.74) is 8.39. The second kappa shape index (κ2) is 6.73. The molecule has 1 heterocycles. The van der Waals surface area contributed by atoms with Gasteiger partial charge in [-0.25, -0.2) is 0 Å². The molecule has 0 fully saturated rings. The largest absolute Gasteiger partial charge is 0.395 e. The Morgan fingerprint density at radius 3 is 2.79 bits per heavy atom. The number of nitrogens with two attached hydrogens (primary N) is 1. The molecule has 0 radical (unpaired) electrons. The summed E-state index contributed by atoms with van der Waals surface area (Å²) in [6, 6.07) is 8.27. The fraction of sp³-hybridized carbons (Fsp3) is 0.500. The lowest BCUT2D eigenvalue weighted by Gasteiger charge is -2.06. The third-order valence-corrected chi connectivity index (χ3v) is 3.59. The molecule has 0 aliphatic rings. The number of benzene rings is 1. The third kappa shape index (κ3) is 3.37. The first-order chi connectivity index (χ1) is 9.26. The van der Waals surface area contributed by atoms with Crippen LogP contribution >= 0.6 is 0 Å². The smallest absolute Gasteiger partial charge is 0.0585 e. The van der Waals surface area contributed by atoms with Gasteiger partial charge in [-0.3, -0.25) is 0 Å². The molecule has 3 nitrogen and oxygen atoms in total. The fourth-order valence-electron chi connectivity index (χ4n) is 2.55. The van der Waals surface area contributed by atoms with E-state index in [0.29, 0.717) is 0 Å². The first-order valence-electron chi connectivity index (χ1n) is 7.19. The number of hydrogen-bond acceptors (Lipinski definition) is 2. The van der Waals surface area contributed by atoms with Crippen molar-refractivity contribution in [3.63, 3.8) is 0 Å². The number of aliphatic hydroxyl groups excluding tert-OH is 1. The summed E-state index contributed by atoms with van der Waals surface area (Å²) in [4.78, 5) is 0. The Hall–Kier alpha value is -1.32. The van der Waals surface area contributed by atoms with Crippen LogP contribution in [0.1, 0.15) is 31.7 Å². The van der Waals surface area contributed by atoms with Crippen molar-refractivity contribution >= 4 is 10.9 Å². The Morgan fingerprint density at radius 1 is 1.26 bits per heavy atom. The second-order valence-corrected chi connectivity index (χ2v) is 5.22. The maximum atomic E-state index is 9.12. The molecule has 0 bridgehead atoms. The summed E-state index contributed by atoms with van der Waals surface area (Å²) in [7, 11) is 0. The normalized spacial score (nSPS) is 13.0. The summed E-state index contributed by atoms with van der Waals surface area (Å²) in [6.07, 6.45) is 6.65. The number of fused-ring (bicyclic) bond motifs is 1. The number of hydrogen-bond donors (Lipinski definition) is 2. The highest BCUT2D eigenvalue weighted by Crippen LogP contribution is 2.23. The highest BCUT2D eigenvalue weighted by Gasteiger charge is 2.10. The van der Waals surface area contributed by atoms with Gasteiger partial charge >= 0.3 is 0 Å². The van der Waals surface area contributed by atoms with Gasteiger partial charge in [0.2, 0.25) is 0 Å². The Morgan fingerprint density at radius 2 is 2.05 bits per heavy atom. The van der Waals surface area contributed by atoms with Crippen LogP contribution in [-0.2, 0) is 13.0 Å². The van der Waals surface area contributed by atoms with Gasteiger partial charge in [-0.1, -0.05) is 38.0 Å². The molecule has 2 rings (SSSR count). The molecule has 0 spiro atoms. The third-order valence-electron chi connectivity index (χ3n) is 3.59. The standard InChI is InChI=1S/C16H24N2O/c1-2-3-6-9-18-11-13(10-14(17)12-19)15-7-4-5-8-16(15)18/h4-5,7-8,11,14,19H,2-3,6,9-10,12,17H2,1H3/t14-/m0/s1. The molecule has 1 aromatic heterocycles. The molecule has 3 N–H and O–H groups in total. The number of unbranched alkanes of at least 4 members (excludes halogenated alkanes) is 2. The van der Waals surface area contributed by atoms with E-state index in [9.17, 15) is 0 Å². The summed E-state index contributed by atoms with van der Waals surface area (Å²) >= 11 is 0. The van der Waals surface area contributed by atoms with Crippen molar-refractivity contribution in [2.24, 2.45) is 5.73 Å². The van der Waals surface area contributed by atoms with Crippen molar-refractivity contribution in [1.29, 1.82) is 0 Å².